The van der Waals surface area contributed by atoms with Crippen molar-refractivity contribution in [3.8, 4) is 0 Å². The summed E-state index contributed by atoms with van der Waals surface area (Å²) in [5.74, 6) is -1.37. The van der Waals surface area contributed by atoms with Gasteiger partial charge in [0.2, 0.25) is 5.91 Å². The number of carbonyl (C=O) groups excluding carboxylic acids is 2. The molecule has 37 heavy (non-hydrogen) atoms. The van der Waals surface area contributed by atoms with Crippen molar-refractivity contribution in [2.24, 2.45) is 12.5 Å². The molecule has 1 saturated carbocycles. The van der Waals surface area contributed by atoms with E-state index >= 15 is 4.39 Å². The van der Waals surface area contributed by atoms with Gasteiger partial charge in [-0.25, -0.2) is 4.39 Å². The number of hydrogen-bond donors (Lipinski definition) is 2. The lowest BCUT2D eigenvalue weighted by atomic mass is 9.82. The van der Waals surface area contributed by atoms with Gasteiger partial charge in [-0.1, -0.05) is 24.3 Å². The molecule has 1 unspecified atom stereocenters. The number of nitrogens with one attached hydrogen (secondary N) is 2. The molecule has 2 fully saturated rings. The molecule has 192 valence electrons. The molecular formula is C28H30FN5O3. The Hall–Kier alpha value is -3.59. The number of aryl methyl sites for hydroxylation is 1. The number of anilines is 1. The van der Waals surface area contributed by atoms with Gasteiger partial charge in [0.1, 0.15) is 17.6 Å². The largest absolute Gasteiger partial charge is 0.381 e. The SMILES string of the molecule is Cn1nccc1C(=O)N[C@H](C(=O)Nc1cnc(C2CCOCC2)c(F)c1)C1c2ccccc2CC12CC2. The van der Waals surface area contributed by atoms with Crippen molar-refractivity contribution in [2.45, 2.75) is 50.0 Å². The highest BCUT2D eigenvalue weighted by molar-refractivity contribution is 6.01. The second kappa shape index (κ2) is 9.37. The average Bonchev–Trinajstić information content (AvgIpc) is 3.40. The second-order valence-electron chi connectivity index (χ2n) is 10.5. The van der Waals surface area contributed by atoms with E-state index in [1.807, 2.05) is 18.2 Å². The van der Waals surface area contributed by atoms with Gasteiger partial charge in [0.15, 0.2) is 0 Å². The number of fused-ring (bicyclic) bond motifs is 1. The standard InChI is InChI=1S/C28H30FN5O3/c1-34-22(6-11-31-34)26(35)33-25(23-20-5-3-2-4-18(20)15-28(23)9-10-28)27(36)32-19-14-21(29)24(30-16-19)17-7-12-37-13-8-17/h2-6,11,14,16-17,23,25H,7-10,12-13,15H2,1H3,(H,32,36)(H,33,35)/t23?,25-/m0/s1. The minimum atomic E-state index is -0.841. The molecule has 0 radical (unpaired) electrons. The van der Waals surface area contributed by atoms with Crippen molar-refractivity contribution >= 4 is 17.5 Å². The predicted octanol–water partition coefficient (Wildman–Crippen LogP) is 3.71. The van der Waals surface area contributed by atoms with Gasteiger partial charge in [0.25, 0.3) is 5.91 Å². The summed E-state index contributed by atoms with van der Waals surface area (Å²) >= 11 is 0. The zero-order valence-electron chi connectivity index (χ0n) is 20.7. The lowest BCUT2D eigenvalue weighted by Crippen LogP contribution is -2.49. The third-order valence-electron chi connectivity index (χ3n) is 8.19. The number of nitrogens with zero attached hydrogens (tertiary/aromatic N) is 3. The third-order valence-corrected chi connectivity index (χ3v) is 8.19. The van der Waals surface area contributed by atoms with Gasteiger partial charge in [0, 0.05) is 44.4 Å². The van der Waals surface area contributed by atoms with Crippen molar-refractivity contribution < 1.29 is 18.7 Å². The van der Waals surface area contributed by atoms with Crippen LogP contribution in [0.15, 0.2) is 48.8 Å². The van der Waals surface area contributed by atoms with E-state index in [-0.39, 0.29) is 34.8 Å². The first-order chi connectivity index (χ1) is 17.9. The molecule has 3 aliphatic rings. The Kier molecular flexibility index (Phi) is 6.03. The number of halogens is 1. The molecule has 2 N–H and O–H groups in total. The highest BCUT2D eigenvalue weighted by Crippen LogP contribution is 2.64. The van der Waals surface area contributed by atoms with E-state index in [4.69, 9.17) is 4.74 Å². The topological polar surface area (TPSA) is 98.1 Å². The molecule has 3 aromatic rings. The maximum absolute atomic E-state index is 15.0. The lowest BCUT2D eigenvalue weighted by Gasteiger charge is -2.29. The van der Waals surface area contributed by atoms with Gasteiger partial charge < -0.3 is 15.4 Å². The number of carbonyl (C=O) groups is 2. The molecule has 9 heteroatoms. The summed E-state index contributed by atoms with van der Waals surface area (Å²) < 4.78 is 21.9. The number of amides is 2. The van der Waals surface area contributed by atoms with E-state index in [0.29, 0.717) is 24.6 Å². The first-order valence-corrected chi connectivity index (χ1v) is 12.9. The molecule has 0 bridgehead atoms. The monoisotopic (exact) mass is 503 g/mol. The van der Waals surface area contributed by atoms with Gasteiger partial charge in [-0.3, -0.25) is 19.3 Å². The number of ether oxygens (including phenoxy) is 1. The maximum Gasteiger partial charge on any atom is 0.270 e. The summed E-state index contributed by atoms with van der Waals surface area (Å²) in [6.45, 7) is 1.18. The smallest absolute Gasteiger partial charge is 0.270 e. The van der Waals surface area contributed by atoms with E-state index in [9.17, 15) is 9.59 Å². The summed E-state index contributed by atoms with van der Waals surface area (Å²) in [6, 6.07) is 10.2. The fraction of sp³-hybridized carbons (Fsp3) is 0.429. The van der Waals surface area contributed by atoms with Crippen LogP contribution in [-0.4, -0.2) is 45.8 Å². The van der Waals surface area contributed by atoms with Crippen molar-refractivity contribution in [1.82, 2.24) is 20.1 Å². The molecule has 6 rings (SSSR count). The normalized spacial score (nSPS) is 20.9. The first kappa shape index (κ1) is 23.8. The van der Waals surface area contributed by atoms with Gasteiger partial charge in [-0.2, -0.15) is 5.10 Å². The number of pyridine rings is 1. The van der Waals surface area contributed by atoms with Crippen LogP contribution >= 0.6 is 0 Å². The van der Waals surface area contributed by atoms with Crippen LogP contribution in [0.2, 0.25) is 0 Å². The molecule has 2 amide bonds. The van der Waals surface area contributed by atoms with E-state index < -0.39 is 11.9 Å². The Morgan fingerprint density at radius 3 is 2.68 bits per heavy atom. The maximum atomic E-state index is 15.0. The quantitative estimate of drug-likeness (QED) is 0.535. The number of hydrogen-bond acceptors (Lipinski definition) is 5. The van der Waals surface area contributed by atoms with Crippen LogP contribution in [0.25, 0.3) is 0 Å². The van der Waals surface area contributed by atoms with Crippen molar-refractivity contribution in [3.05, 3.63) is 77.1 Å². The predicted molar refractivity (Wildman–Crippen MR) is 135 cm³/mol. The van der Waals surface area contributed by atoms with Crippen LogP contribution in [0.5, 0.6) is 0 Å². The zero-order valence-corrected chi connectivity index (χ0v) is 20.7. The Bertz CT molecular complexity index is 1350. The highest BCUT2D eigenvalue weighted by Gasteiger charge is 2.58. The van der Waals surface area contributed by atoms with Crippen LogP contribution in [0.4, 0.5) is 10.1 Å². The van der Waals surface area contributed by atoms with Crippen molar-refractivity contribution in [2.75, 3.05) is 18.5 Å². The van der Waals surface area contributed by atoms with Crippen LogP contribution < -0.4 is 10.6 Å². The Labute approximate surface area is 214 Å². The summed E-state index contributed by atoms with van der Waals surface area (Å²) in [4.78, 5) is 31.4. The molecule has 1 spiro atoms. The minimum absolute atomic E-state index is 0.00847. The fourth-order valence-electron chi connectivity index (χ4n) is 6.12. The molecule has 1 saturated heterocycles. The van der Waals surface area contributed by atoms with Gasteiger partial charge in [-0.05, 0) is 54.7 Å². The van der Waals surface area contributed by atoms with E-state index in [1.54, 1.807) is 19.3 Å². The van der Waals surface area contributed by atoms with Gasteiger partial charge in [0.05, 0.1) is 17.6 Å². The number of rotatable bonds is 6. The highest BCUT2D eigenvalue weighted by atomic mass is 19.1. The third kappa shape index (κ3) is 4.41. The van der Waals surface area contributed by atoms with Crippen molar-refractivity contribution in [3.63, 3.8) is 0 Å². The fourth-order valence-corrected chi connectivity index (χ4v) is 6.12. The Balaban J connectivity index is 1.29. The zero-order chi connectivity index (χ0) is 25.6. The van der Waals surface area contributed by atoms with Crippen molar-refractivity contribution in [1.29, 1.82) is 0 Å². The number of aromatic nitrogens is 3. The van der Waals surface area contributed by atoms with Crippen LogP contribution in [0, 0.1) is 11.2 Å². The van der Waals surface area contributed by atoms with Crippen LogP contribution in [0.3, 0.4) is 0 Å². The molecule has 8 nitrogen and oxygen atoms in total. The molecule has 1 aromatic carbocycles. The van der Waals surface area contributed by atoms with Crippen LogP contribution in [0.1, 0.15) is 64.8 Å². The van der Waals surface area contributed by atoms with E-state index in [2.05, 4.69) is 26.8 Å². The lowest BCUT2D eigenvalue weighted by molar-refractivity contribution is -0.118. The van der Waals surface area contributed by atoms with Gasteiger partial charge >= 0.3 is 0 Å². The molecule has 2 aromatic heterocycles. The number of benzene rings is 1. The summed E-state index contributed by atoms with van der Waals surface area (Å²) in [7, 11) is 1.69. The van der Waals surface area contributed by atoms with E-state index in [0.717, 1.165) is 37.7 Å². The summed E-state index contributed by atoms with van der Waals surface area (Å²) in [5, 5.41) is 9.93. The summed E-state index contributed by atoms with van der Waals surface area (Å²) in [5.41, 5.74) is 3.29. The molecule has 3 heterocycles. The summed E-state index contributed by atoms with van der Waals surface area (Å²) in [6.07, 6.45) is 7.37. The van der Waals surface area contributed by atoms with Crippen LogP contribution in [-0.2, 0) is 23.0 Å². The Morgan fingerprint density at radius 1 is 1.19 bits per heavy atom. The van der Waals surface area contributed by atoms with Gasteiger partial charge in [-0.15, -0.1) is 0 Å². The molecule has 2 aliphatic carbocycles. The molecule has 2 atom stereocenters. The average molecular weight is 504 g/mol. The molecule has 1 aliphatic heterocycles. The Morgan fingerprint density at radius 2 is 1.97 bits per heavy atom. The first-order valence-electron chi connectivity index (χ1n) is 12.9. The minimum Gasteiger partial charge on any atom is -0.381 e. The molecular weight excluding hydrogens is 473 g/mol. The van der Waals surface area contributed by atoms with E-state index in [1.165, 1.54) is 22.5 Å². The second-order valence-corrected chi connectivity index (χ2v) is 10.5.